The number of carbonyl (C=O) groups is 2. The van der Waals surface area contributed by atoms with Crippen LogP contribution >= 0.6 is 11.6 Å². The van der Waals surface area contributed by atoms with Crippen LogP contribution in [0.5, 0.6) is 11.5 Å². The van der Waals surface area contributed by atoms with Gasteiger partial charge in [-0.2, -0.15) is 9.78 Å². The molecule has 0 unspecified atom stereocenters. The highest BCUT2D eigenvalue weighted by Gasteiger charge is 2.19. The molecule has 9 nitrogen and oxygen atoms in total. The fourth-order valence-corrected chi connectivity index (χ4v) is 3.76. The number of amides is 2. The first kappa shape index (κ1) is 23.8. The van der Waals surface area contributed by atoms with E-state index >= 15 is 0 Å². The van der Waals surface area contributed by atoms with Crippen molar-refractivity contribution in [1.29, 1.82) is 0 Å². The summed E-state index contributed by atoms with van der Waals surface area (Å²) in [6, 6.07) is 18.3. The molecular weight excluding hydrogens is 472 g/mol. The monoisotopic (exact) mass is 492 g/mol. The highest BCUT2D eigenvalue weighted by atomic mass is 35.5. The number of anilines is 1. The molecule has 2 amide bonds. The van der Waals surface area contributed by atoms with E-state index in [1.165, 1.54) is 20.3 Å². The number of hydrogen-bond acceptors (Lipinski definition) is 6. The van der Waals surface area contributed by atoms with E-state index in [1.54, 1.807) is 60.7 Å². The third kappa shape index (κ3) is 4.95. The molecule has 0 aliphatic carbocycles. The second-order valence-electron chi connectivity index (χ2n) is 7.36. The molecule has 0 saturated carbocycles. The van der Waals surface area contributed by atoms with Crippen molar-refractivity contribution < 1.29 is 19.1 Å². The van der Waals surface area contributed by atoms with Crippen molar-refractivity contribution in [2.45, 2.75) is 0 Å². The molecule has 2 N–H and O–H groups in total. The SMILES string of the molecule is COc1ccc(-n2nc(C(=O)NCC(=O)Nc3ccccc3OC)c3ccccc3c2=O)cc1Cl. The van der Waals surface area contributed by atoms with Gasteiger partial charge in [0.15, 0.2) is 5.69 Å². The lowest BCUT2D eigenvalue weighted by molar-refractivity contribution is -0.115. The first-order valence-corrected chi connectivity index (χ1v) is 10.9. The number of para-hydroxylation sites is 2. The third-order valence-electron chi connectivity index (χ3n) is 5.19. The Labute approximate surface area is 205 Å². The van der Waals surface area contributed by atoms with E-state index in [4.69, 9.17) is 21.1 Å². The van der Waals surface area contributed by atoms with E-state index in [2.05, 4.69) is 15.7 Å². The lowest BCUT2D eigenvalue weighted by atomic mass is 10.1. The molecule has 0 atom stereocenters. The Morgan fingerprint density at radius 3 is 2.34 bits per heavy atom. The van der Waals surface area contributed by atoms with Crippen molar-refractivity contribution >= 4 is 39.9 Å². The van der Waals surface area contributed by atoms with E-state index in [0.29, 0.717) is 28.3 Å². The molecule has 178 valence electrons. The number of methoxy groups -OCH3 is 2. The quantitative estimate of drug-likeness (QED) is 0.409. The zero-order valence-electron chi connectivity index (χ0n) is 18.9. The second-order valence-corrected chi connectivity index (χ2v) is 7.77. The van der Waals surface area contributed by atoms with Gasteiger partial charge < -0.3 is 20.1 Å². The number of nitrogens with zero attached hydrogens (tertiary/aromatic N) is 2. The summed E-state index contributed by atoms with van der Waals surface area (Å²) in [5.41, 5.74) is 0.391. The lowest BCUT2D eigenvalue weighted by Crippen LogP contribution is -2.35. The zero-order valence-corrected chi connectivity index (χ0v) is 19.6. The molecule has 0 aliphatic heterocycles. The Kier molecular flexibility index (Phi) is 6.98. The van der Waals surface area contributed by atoms with Crippen LogP contribution in [0.1, 0.15) is 10.5 Å². The Balaban J connectivity index is 1.63. The van der Waals surface area contributed by atoms with Gasteiger partial charge in [0.2, 0.25) is 5.91 Å². The molecule has 4 aromatic rings. The van der Waals surface area contributed by atoms with Gasteiger partial charge in [0.25, 0.3) is 11.5 Å². The minimum atomic E-state index is -0.621. The first-order valence-electron chi connectivity index (χ1n) is 10.5. The first-order chi connectivity index (χ1) is 16.9. The van der Waals surface area contributed by atoms with Crippen molar-refractivity contribution in [3.8, 4) is 17.2 Å². The maximum Gasteiger partial charge on any atom is 0.279 e. The Morgan fingerprint density at radius 2 is 1.63 bits per heavy atom. The number of ether oxygens (including phenoxy) is 2. The molecule has 0 radical (unpaired) electrons. The average molecular weight is 493 g/mol. The van der Waals surface area contributed by atoms with E-state index < -0.39 is 17.4 Å². The predicted molar refractivity (Wildman–Crippen MR) is 133 cm³/mol. The number of carbonyl (C=O) groups excluding carboxylic acids is 2. The molecule has 35 heavy (non-hydrogen) atoms. The van der Waals surface area contributed by atoms with Gasteiger partial charge in [0, 0.05) is 5.39 Å². The summed E-state index contributed by atoms with van der Waals surface area (Å²) in [5, 5.41) is 10.5. The van der Waals surface area contributed by atoms with Crippen LogP contribution in [0.4, 0.5) is 5.69 Å². The van der Waals surface area contributed by atoms with Crippen molar-refractivity contribution in [2.75, 3.05) is 26.1 Å². The Bertz CT molecular complexity index is 1480. The normalized spacial score (nSPS) is 10.6. The molecule has 10 heteroatoms. The molecule has 0 bridgehead atoms. The minimum absolute atomic E-state index is 0.0165. The number of fused-ring (bicyclic) bond motifs is 1. The smallest absolute Gasteiger partial charge is 0.279 e. The van der Waals surface area contributed by atoms with Gasteiger partial charge in [-0.15, -0.1) is 0 Å². The molecule has 3 aromatic carbocycles. The average Bonchev–Trinajstić information content (AvgIpc) is 2.88. The summed E-state index contributed by atoms with van der Waals surface area (Å²) < 4.78 is 11.5. The standard InChI is InChI=1S/C25H21ClN4O5/c1-34-20-12-11-15(13-18(20)26)30-25(33)17-8-4-3-7-16(17)23(29-30)24(32)27-14-22(31)28-19-9-5-6-10-21(19)35-2/h3-13H,14H2,1-2H3,(H,27,32)(H,28,31). The van der Waals surface area contributed by atoms with E-state index in [0.717, 1.165) is 4.68 Å². The van der Waals surface area contributed by atoms with Crippen molar-refractivity contribution in [2.24, 2.45) is 0 Å². The maximum atomic E-state index is 13.1. The van der Waals surface area contributed by atoms with Crippen LogP contribution in [0.15, 0.2) is 71.5 Å². The van der Waals surface area contributed by atoms with Gasteiger partial charge >= 0.3 is 0 Å². The van der Waals surface area contributed by atoms with Crippen LogP contribution in [0.3, 0.4) is 0 Å². The summed E-state index contributed by atoms with van der Waals surface area (Å²) in [7, 11) is 2.97. The number of nitrogens with one attached hydrogen (secondary N) is 2. The van der Waals surface area contributed by atoms with Crippen LogP contribution in [-0.2, 0) is 4.79 Å². The minimum Gasteiger partial charge on any atom is -0.495 e. The highest BCUT2D eigenvalue weighted by molar-refractivity contribution is 6.32. The van der Waals surface area contributed by atoms with Crippen LogP contribution in [0, 0.1) is 0 Å². The molecule has 1 heterocycles. The summed E-state index contributed by atoms with van der Waals surface area (Å²) in [6.07, 6.45) is 0. The van der Waals surface area contributed by atoms with Gasteiger partial charge in [-0.3, -0.25) is 14.4 Å². The van der Waals surface area contributed by atoms with Gasteiger partial charge in [0.05, 0.1) is 42.5 Å². The summed E-state index contributed by atoms with van der Waals surface area (Å²) >= 11 is 6.22. The fraction of sp³-hybridized carbons (Fsp3) is 0.120. The highest BCUT2D eigenvalue weighted by Crippen LogP contribution is 2.26. The molecule has 1 aromatic heterocycles. The van der Waals surface area contributed by atoms with Gasteiger partial charge in [0.1, 0.15) is 11.5 Å². The number of hydrogen-bond donors (Lipinski definition) is 2. The third-order valence-corrected chi connectivity index (χ3v) is 5.49. The second kappa shape index (κ2) is 10.3. The lowest BCUT2D eigenvalue weighted by Gasteiger charge is -2.13. The van der Waals surface area contributed by atoms with Crippen LogP contribution in [0.2, 0.25) is 5.02 Å². The molecule has 0 fully saturated rings. The molecular formula is C25H21ClN4O5. The van der Waals surface area contributed by atoms with E-state index in [9.17, 15) is 14.4 Å². The zero-order chi connectivity index (χ0) is 24.9. The van der Waals surface area contributed by atoms with Gasteiger partial charge in [-0.05, 0) is 36.4 Å². The maximum absolute atomic E-state index is 13.1. The molecule has 0 spiro atoms. The van der Waals surface area contributed by atoms with Gasteiger partial charge in [-0.1, -0.05) is 41.9 Å². The fourth-order valence-electron chi connectivity index (χ4n) is 3.51. The van der Waals surface area contributed by atoms with Crippen LogP contribution in [-0.4, -0.2) is 42.4 Å². The predicted octanol–water partition coefficient (Wildman–Crippen LogP) is 3.42. The Morgan fingerprint density at radius 1 is 0.943 bits per heavy atom. The van der Waals surface area contributed by atoms with Crippen LogP contribution in [0.25, 0.3) is 16.5 Å². The summed E-state index contributed by atoms with van der Waals surface area (Å²) in [4.78, 5) is 38.6. The Hall–Kier alpha value is -4.37. The van der Waals surface area contributed by atoms with Crippen LogP contribution < -0.4 is 25.7 Å². The number of benzene rings is 3. The van der Waals surface area contributed by atoms with Crippen molar-refractivity contribution in [1.82, 2.24) is 15.1 Å². The van der Waals surface area contributed by atoms with Gasteiger partial charge in [-0.25, -0.2) is 0 Å². The topological polar surface area (TPSA) is 112 Å². The van der Waals surface area contributed by atoms with Crippen molar-refractivity contribution in [3.63, 3.8) is 0 Å². The molecule has 0 saturated heterocycles. The largest absolute Gasteiger partial charge is 0.495 e. The molecule has 4 rings (SSSR count). The van der Waals surface area contributed by atoms with E-state index in [-0.39, 0.29) is 22.6 Å². The number of halogens is 1. The number of rotatable bonds is 7. The number of aromatic nitrogens is 2. The molecule has 0 aliphatic rings. The van der Waals surface area contributed by atoms with E-state index in [1.807, 2.05) is 0 Å². The summed E-state index contributed by atoms with van der Waals surface area (Å²) in [5.74, 6) is -0.152. The van der Waals surface area contributed by atoms with Crippen molar-refractivity contribution in [3.05, 3.63) is 87.8 Å². The summed E-state index contributed by atoms with van der Waals surface area (Å²) in [6.45, 7) is -0.319.